The first-order valence-electron chi connectivity index (χ1n) is 9.17. The predicted octanol–water partition coefficient (Wildman–Crippen LogP) is 4.04. The van der Waals surface area contributed by atoms with Crippen LogP contribution < -0.4 is 5.56 Å². The molecular weight excluding hydrogens is 388 g/mol. The normalized spacial score (nSPS) is 11.2. The third-order valence-electron chi connectivity index (χ3n) is 4.91. The van der Waals surface area contributed by atoms with E-state index in [-0.39, 0.29) is 17.9 Å². The van der Waals surface area contributed by atoms with Crippen molar-refractivity contribution in [2.45, 2.75) is 27.3 Å². The van der Waals surface area contributed by atoms with E-state index in [0.717, 1.165) is 16.8 Å². The molecule has 0 unspecified atom stereocenters. The predicted molar refractivity (Wildman–Crippen MR) is 113 cm³/mol. The molecule has 146 valence electrons. The second kappa shape index (κ2) is 7.29. The van der Waals surface area contributed by atoms with E-state index in [1.54, 1.807) is 42.1 Å². The zero-order chi connectivity index (χ0) is 20.7. The van der Waals surface area contributed by atoms with Crippen LogP contribution in [0.3, 0.4) is 0 Å². The monoisotopic (exact) mass is 406 g/mol. The molecule has 0 spiro atoms. The van der Waals surface area contributed by atoms with Gasteiger partial charge >= 0.3 is 0 Å². The van der Waals surface area contributed by atoms with Gasteiger partial charge in [-0.15, -0.1) is 0 Å². The van der Waals surface area contributed by atoms with E-state index in [1.165, 1.54) is 4.68 Å². The standard InChI is InChI=1S/C22H19ClN4O2/c1-13-4-9-19(14(2)10-13)27-21-18(11-24-27)15(3)25-26(22(21)29)12-20(28)16-5-7-17(23)8-6-16/h4-11H,12H2,1-3H3. The van der Waals surface area contributed by atoms with Gasteiger partial charge in [0.15, 0.2) is 5.78 Å². The van der Waals surface area contributed by atoms with Gasteiger partial charge in [0.2, 0.25) is 0 Å². The fourth-order valence-corrected chi connectivity index (χ4v) is 3.54. The maximum Gasteiger partial charge on any atom is 0.293 e. The van der Waals surface area contributed by atoms with Crippen LogP contribution in [0.4, 0.5) is 0 Å². The van der Waals surface area contributed by atoms with Crippen molar-refractivity contribution in [1.29, 1.82) is 0 Å². The number of aromatic nitrogens is 4. The fourth-order valence-electron chi connectivity index (χ4n) is 3.42. The number of ketones is 1. The maximum absolute atomic E-state index is 13.2. The Hall–Kier alpha value is -3.25. The summed E-state index contributed by atoms with van der Waals surface area (Å²) in [4.78, 5) is 25.8. The van der Waals surface area contributed by atoms with E-state index >= 15 is 0 Å². The van der Waals surface area contributed by atoms with Crippen LogP contribution in [0.2, 0.25) is 5.02 Å². The molecule has 0 radical (unpaired) electrons. The highest BCUT2D eigenvalue weighted by Crippen LogP contribution is 2.21. The Balaban J connectivity index is 1.82. The molecule has 2 aromatic carbocycles. The van der Waals surface area contributed by atoms with Crippen LogP contribution in [0.25, 0.3) is 16.6 Å². The van der Waals surface area contributed by atoms with Crippen molar-refractivity contribution in [3.8, 4) is 5.69 Å². The zero-order valence-corrected chi connectivity index (χ0v) is 17.1. The summed E-state index contributed by atoms with van der Waals surface area (Å²) in [5.41, 5.74) is 4.13. The van der Waals surface area contributed by atoms with Crippen LogP contribution in [-0.4, -0.2) is 25.3 Å². The molecule has 0 aliphatic carbocycles. The first-order valence-corrected chi connectivity index (χ1v) is 9.55. The highest BCUT2D eigenvalue weighted by atomic mass is 35.5. The van der Waals surface area contributed by atoms with Gasteiger partial charge in [0.1, 0.15) is 12.1 Å². The summed E-state index contributed by atoms with van der Waals surface area (Å²) in [6, 6.07) is 12.5. The summed E-state index contributed by atoms with van der Waals surface area (Å²) < 4.78 is 2.83. The number of carbonyl (C=O) groups excluding carboxylic acids is 1. The van der Waals surface area contributed by atoms with Crippen molar-refractivity contribution in [3.63, 3.8) is 0 Å². The summed E-state index contributed by atoms with van der Waals surface area (Å²) in [7, 11) is 0. The van der Waals surface area contributed by atoms with E-state index < -0.39 is 0 Å². The van der Waals surface area contributed by atoms with Gasteiger partial charge in [-0.1, -0.05) is 29.3 Å². The minimum absolute atomic E-state index is 0.157. The molecule has 0 aliphatic heterocycles. The molecule has 2 aromatic heterocycles. The average Bonchev–Trinajstić information content (AvgIpc) is 3.12. The number of carbonyl (C=O) groups is 1. The topological polar surface area (TPSA) is 69.8 Å². The van der Waals surface area contributed by atoms with Gasteiger partial charge in [-0.25, -0.2) is 9.36 Å². The average molecular weight is 407 g/mol. The molecule has 0 fully saturated rings. The summed E-state index contributed by atoms with van der Waals surface area (Å²) in [6.45, 7) is 5.64. The first-order chi connectivity index (χ1) is 13.8. The molecule has 0 amide bonds. The fraction of sp³-hybridized carbons (Fsp3) is 0.182. The Bertz CT molecular complexity index is 1300. The molecule has 4 aromatic rings. The molecule has 0 N–H and O–H groups in total. The van der Waals surface area contributed by atoms with Crippen molar-refractivity contribution in [1.82, 2.24) is 19.6 Å². The highest BCUT2D eigenvalue weighted by Gasteiger charge is 2.18. The van der Waals surface area contributed by atoms with Gasteiger partial charge in [-0.3, -0.25) is 9.59 Å². The minimum atomic E-state index is -0.356. The molecule has 7 heteroatoms. The largest absolute Gasteiger partial charge is 0.293 e. The SMILES string of the molecule is Cc1ccc(-n2ncc3c(C)nn(CC(=O)c4ccc(Cl)cc4)c(=O)c32)c(C)c1. The number of aryl methyl sites for hydroxylation is 3. The van der Waals surface area contributed by atoms with Gasteiger partial charge < -0.3 is 0 Å². The molecule has 4 rings (SSSR count). The molecule has 0 atom stereocenters. The van der Waals surface area contributed by atoms with Crippen molar-refractivity contribution < 1.29 is 4.79 Å². The van der Waals surface area contributed by atoms with Crippen LogP contribution in [0.5, 0.6) is 0 Å². The van der Waals surface area contributed by atoms with Gasteiger partial charge in [0, 0.05) is 16.0 Å². The third kappa shape index (κ3) is 3.47. The number of Topliss-reactive ketones (excluding diaryl/α,β-unsaturated/α-hetero) is 1. The van der Waals surface area contributed by atoms with Crippen LogP contribution in [0.1, 0.15) is 27.2 Å². The van der Waals surface area contributed by atoms with Crippen LogP contribution >= 0.6 is 11.6 Å². The Kier molecular flexibility index (Phi) is 4.80. The van der Waals surface area contributed by atoms with Gasteiger partial charge in [0.25, 0.3) is 5.56 Å². The second-order valence-electron chi connectivity index (χ2n) is 7.09. The van der Waals surface area contributed by atoms with E-state index in [9.17, 15) is 9.59 Å². The van der Waals surface area contributed by atoms with Crippen LogP contribution in [0, 0.1) is 20.8 Å². The molecule has 29 heavy (non-hydrogen) atoms. The van der Waals surface area contributed by atoms with E-state index in [0.29, 0.717) is 27.2 Å². The van der Waals surface area contributed by atoms with Crippen LogP contribution in [0.15, 0.2) is 53.5 Å². The smallest absolute Gasteiger partial charge is 0.292 e. The molecule has 0 bridgehead atoms. The lowest BCUT2D eigenvalue weighted by atomic mass is 10.1. The van der Waals surface area contributed by atoms with Crippen molar-refractivity contribution in [3.05, 3.63) is 86.4 Å². The number of benzene rings is 2. The quantitative estimate of drug-likeness (QED) is 0.479. The number of nitrogens with zero attached hydrogens (tertiary/aromatic N) is 4. The van der Waals surface area contributed by atoms with Crippen LogP contribution in [-0.2, 0) is 6.54 Å². The van der Waals surface area contributed by atoms with Gasteiger partial charge in [-0.2, -0.15) is 10.2 Å². The molecule has 0 saturated carbocycles. The number of rotatable bonds is 4. The zero-order valence-electron chi connectivity index (χ0n) is 16.3. The van der Waals surface area contributed by atoms with Gasteiger partial charge in [-0.05, 0) is 56.7 Å². The summed E-state index contributed by atoms with van der Waals surface area (Å²) in [6.07, 6.45) is 1.64. The summed E-state index contributed by atoms with van der Waals surface area (Å²) in [5, 5.41) is 9.98. The Morgan fingerprint density at radius 1 is 1.07 bits per heavy atom. The molecule has 2 heterocycles. The Morgan fingerprint density at radius 2 is 1.79 bits per heavy atom. The number of hydrogen-bond donors (Lipinski definition) is 0. The van der Waals surface area contributed by atoms with E-state index in [1.807, 2.05) is 32.0 Å². The van der Waals surface area contributed by atoms with Crippen molar-refractivity contribution in [2.24, 2.45) is 0 Å². The van der Waals surface area contributed by atoms with Crippen molar-refractivity contribution in [2.75, 3.05) is 0 Å². The maximum atomic E-state index is 13.2. The molecular formula is C22H19ClN4O2. The lowest BCUT2D eigenvalue weighted by molar-refractivity contribution is 0.0966. The lowest BCUT2D eigenvalue weighted by Crippen LogP contribution is -2.28. The lowest BCUT2D eigenvalue weighted by Gasteiger charge is -2.10. The second-order valence-corrected chi connectivity index (χ2v) is 7.52. The van der Waals surface area contributed by atoms with E-state index in [4.69, 9.17) is 11.6 Å². The summed E-state index contributed by atoms with van der Waals surface area (Å²) >= 11 is 5.88. The van der Waals surface area contributed by atoms with E-state index in [2.05, 4.69) is 10.2 Å². The highest BCUT2D eigenvalue weighted by molar-refractivity contribution is 6.30. The van der Waals surface area contributed by atoms with Gasteiger partial charge in [0.05, 0.1) is 17.6 Å². The molecule has 0 saturated heterocycles. The Morgan fingerprint density at radius 3 is 2.48 bits per heavy atom. The summed E-state index contributed by atoms with van der Waals surface area (Å²) in [5.74, 6) is -0.215. The first kappa shape index (κ1) is 19.1. The number of halogens is 1. The Labute approximate surface area is 172 Å². The van der Waals surface area contributed by atoms with Crippen molar-refractivity contribution >= 4 is 28.3 Å². The molecule has 6 nitrogen and oxygen atoms in total. The third-order valence-corrected chi connectivity index (χ3v) is 5.16. The number of hydrogen-bond acceptors (Lipinski definition) is 4. The molecule has 0 aliphatic rings. The number of fused-ring (bicyclic) bond motifs is 1. The minimum Gasteiger partial charge on any atom is -0.292 e.